The highest BCUT2D eigenvalue weighted by Gasteiger charge is 2.12. The second kappa shape index (κ2) is 11.1. The van der Waals surface area contributed by atoms with Gasteiger partial charge in [0.05, 0.1) is 18.8 Å². The first-order valence-corrected chi connectivity index (χ1v) is 9.60. The zero-order chi connectivity index (χ0) is 20.4. The van der Waals surface area contributed by atoms with E-state index < -0.39 is 0 Å². The SMILES string of the molecule is CCNC(=NCc1cccc(N(C)C)n1)NCC(CC)Oc1ccccc1F. The molecule has 0 fully saturated rings. The van der Waals surface area contributed by atoms with E-state index in [9.17, 15) is 4.39 Å². The van der Waals surface area contributed by atoms with Crippen molar-refractivity contribution >= 4 is 11.8 Å². The predicted octanol–water partition coefficient (Wildman–Crippen LogP) is 3.20. The Morgan fingerprint density at radius 1 is 1.14 bits per heavy atom. The van der Waals surface area contributed by atoms with Gasteiger partial charge in [-0.05, 0) is 37.6 Å². The Kier molecular flexibility index (Phi) is 8.52. The normalized spacial score (nSPS) is 12.4. The van der Waals surface area contributed by atoms with Gasteiger partial charge < -0.3 is 20.3 Å². The van der Waals surface area contributed by atoms with Crippen LogP contribution in [0.15, 0.2) is 47.5 Å². The molecule has 0 saturated heterocycles. The number of benzene rings is 1. The van der Waals surface area contributed by atoms with E-state index in [0.29, 0.717) is 19.0 Å². The van der Waals surface area contributed by atoms with Crippen LogP contribution in [0.2, 0.25) is 0 Å². The van der Waals surface area contributed by atoms with Crippen molar-refractivity contribution < 1.29 is 9.13 Å². The fraction of sp³-hybridized carbons (Fsp3) is 0.429. The highest BCUT2D eigenvalue weighted by molar-refractivity contribution is 5.79. The average molecular weight is 388 g/mol. The molecule has 0 saturated carbocycles. The Morgan fingerprint density at radius 2 is 1.93 bits per heavy atom. The van der Waals surface area contributed by atoms with E-state index in [1.165, 1.54) is 6.07 Å². The van der Waals surface area contributed by atoms with E-state index in [4.69, 9.17) is 4.74 Å². The number of guanidine groups is 1. The Bertz CT molecular complexity index is 766. The third kappa shape index (κ3) is 6.72. The summed E-state index contributed by atoms with van der Waals surface area (Å²) < 4.78 is 19.6. The maximum Gasteiger partial charge on any atom is 0.191 e. The third-order valence-electron chi connectivity index (χ3n) is 4.08. The second-order valence-corrected chi connectivity index (χ2v) is 6.54. The molecule has 0 radical (unpaired) electrons. The Balaban J connectivity index is 1.98. The molecule has 152 valence electrons. The summed E-state index contributed by atoms with van der Waals surface area (Å²) in [6, 6.07) is 12.3. The molecule has 1 aromatic carbocycles. The molecule has 0 bridgehead atoms. The lowest BCUT2D eigenvalue weighted by Gasteiger charge is -2.20. The second-order valence-electron chi connectivity index (χ2n) is 6.54. The standard InChI is InChI=1S/C21H30FN5O/c1-5-17(28-19-12-8-7-11-18(19)22)15-25-21(23-6-2)24-14-16-10-9-13-20(26-16)27(3)4/h7-13,17H,5-6,14-15H2,1-4H3,(H2,23,24,25). The third-order valence-corrected chi connectivity index (χ3v) is 4.08. The van der Waals surface area contributed by atoms with E-state index >= 15 is 0 Å². The number of halogens is 1. The van der Waals surface area contributed by atoms with E-state index in [-0.39, 0.29) is 17.7 Å². The largest absolute Gasteiger partial charge is 0.486 e. The molecule has 2 rings (SSSR count). The maximum atomic E-state index is 13.8. The number of hydrogen-bond donors (Lipinski definition) is 2. The number of nitrogens with one attached hydrogen (secondary N) is 2. The van der Waals surface area contributed by atoms with E-state index in [1.54, 1.807) is 18.2 Å². The van der Waals surface area contributed by atoms with Crippen LogP contribution in [0.1, 0.15) is 26.0 Å². The summed E-state index contributed by atoms with van der Waals surface area (Å²) in [5.41, 5.74) is 0.887. The molecule has 1 unspecified atom stereocenters. The maximum absolute atomic E-state index is 13.8. The summed E-state index contributed by atoms with van der Waals surface area (Å²) in [6.07, 6.45) is 0.573. The van der Waals surface area contributed by atoms with Gasteiger partial charge in [0.1, 0.15) is 11.9 Å². The van der Waals surface area contributed by atoms with Crippen LogP contribution in [-0.2, 0) is 6.54 Å². The molecule has 0 spiro atoms. The minimum atomic E-state index is -0.353. The van der Waals surface area contributed by atoms with Crippen LogP contribution >= 0.6 is 0 Å². The molecule has 0 aliphatic carbocycles. The van der Waals surface area contributed by atoms with Gasteiger partial charge in [-0.3, -0.25) is 0 Å². The number of nitrogens with zero attached hydrogens (tertiary/aromatic N) is 3. The van der Waals surface area contributed by atoms with Crippen molar-refractivity contribution in [3.05, 3.63) is 54.0 Å². The topological polar surface area (TPSA) is 61.8 Å². The summed E-state index contributed by atoms with van der Waals surface area (Å²) in [4.78, 5) is 11.1. The van der Waals surface area contributed by atoms with Crippen LogP contribution in [0.25, 0.3) is 0 Å². The van der Waals surface area contributed by atoms with Gasteiger partial charge >= 0.3 is 0 Å². The highest BCUT2D eigenvalue weighted by Crippen LogP contribution is 2.17. The van der Waals surface area contributed by atoms with Gasteiger partial charge in [-0.2, -0.15) is 0 Å². The van der Waals surface area contributed by atoms with Gasteiger partial charge in [0.15, 0.2) is 17.5 Å². The molecule has 2 N–H and O–H groups in total. The van der Waals surface area contributed by atoms with Crippen molar-refractivity contribution in [2.24, 2.45) is 4.99 Å². The van der Waals surface area contributed by atoms with Crippen molar-refractivity contribution in [2.45, 2.75) is 32.9 Å². The van der Waals surface area contributed by atoms with Gasteiger partial charge in [0.25, 0.3) is 0 Å². The Morgan fingerprint density at radius 3 is 2.61 bits per heavy atom. The minimum Gasteiger partial charge on any atom is -0.486 e. The van der Waals surface area contributed by atoms with Crippen LogP contribution in [-0.4, -0.2) is 44.2 Å². The quantitative estimate of drug-likeness (QED) is 0.511. The first kappa shape index (κ1) is 21.5. The van der Waals surface area contributed by atoms with E-state index in [1.807, 2.05) is 51.0 Å². The predicted molar refractivity (Wildman–Crippen MR) is 112 cm³/mol. The lowest BCUT2D eigenvalue weighted by atomic mass is 10.2. The number of para-hydroxylation sites is 1. The summed E-state index contributed by atoms with van der Waals surface area (Å²) in [5, 5.41) is 6.49. The Labute approximate surface area is 166 Å². The minimum absolute atomic E-state index is 0.170. The fourth-order valence-electron chi connectivity index (χ4n) is 2.51. The number of ether oxygens (including phenoxy) is 1. The average Bonchev–Trinajstić information content (AvgIpc) is 2.70. The lowest BCUT2D eigenvalue weighted by molar-refractivity contribution is 0.191. The summed E-state index contributed by atoms with van der Waals surface area (Å²) >= 11 is 0. The molecule has 7 heteroatoms. The zero-order valence-corrected chi connectivity index (χ0v) is 17.1. The fourth-order valence-corrected chi connectivity index (χ4v) is 2.51. The zero-order valence-electron chi connectivity index (χ0n) is 17.1. The van der Waals surface area contributed by atoms with Gasteiger partial charge in [-0.15, -0.1) is 0 Å². The van der Waals surface area contributed by atoms with Crippen molar-refractivity contribution in [3.8, 4) is 5.75 Å². The number of aliphatic imine (C=N–C) groups is 1. The molecule has 2 aromatic rings. The van der Waals surface area contributed by atoms with Gasteiger partial charge in [-0.1, -0.05) is 25.1 Å². The van der Waals surface area contributed by atoms with E-state index in [0.717, 1.165) is 24.5 Å². The summed E-state index contributed by atoms with van der Waals surface area (Å²) in [5.74, 6) is 1.49. The van der Waals surface area contributed by atoms with Gasteiger partial charge in [0.2, 0.25) is 0 Å². The molecule has 28 heavy (non-hydrogen) atoms. The van der Waals surface area contributed by atoms with Crippen molar-refractivity contribution in [3.63, 3.8) is 0 Å². The van der Waals surface area contributed by atoms with Crippen LogP contribution < -0.4 is 20.3 Å². The molecular formula is C21H30FN5O. The van der Waals surface area contributed by atoms with E-state index in [2.05, 4.69) is 20.6 Å². The molecule has 1 heterocycles. The smallest absolute Gasteiger partial charge is 0.191 e. The first-order valence-electron chi connectivity index (χ1n) is 9.60. The first-order chi connectivity index (χ1) is 13.5. The number of hydrogen-bond acceptors (Lipinski definition) is 4. The van der Waals surface area contributed by atoms with Gasteiger partial charge in [0, 0.05) is 20.6 Å². The van der Waals surface area contributed by atoms with Crippen LogP contribution in [0.3, 0.4) is 0 Å². The number of rotatable bonds is 9. The number of pyridine rings is 1. The van der Waals surface area contributed by atoms with Gasteiger partial charge in [-0.25, -0.2) is 14.4 Å². The number of aromatic nitrogens is 1. The molecular weight excluding hydrogens is 357 g/mol. The summed E-state index contributed by atoms with van der Waals surface area (Å²) in [6.45, 7) is 5.73. The van der Waals surface area contributed by atoms with Crippen molar-refractivity contribution in [1.29, 1.82) is 0 Å². The molecule has 0 aliphatic heterocycles. The number of anilines is 1. The molecule has 0 aliphatic rings. The molecule has 1 aromatic heterocycles. The van der Waals surface area contributed by atoms with Crippen LogP contribution in [0.5, 0.6) is 5.75 Å². The molecule has 0 amide bonds. The lowest BCUT2D eigenvalue weighted by Crippen LogP contribution is -2.42. The monoisotopic (exact) mass is 387 g/mol. The Hall–Kier alpha value is -2.83. The van der Waals surface area contributed by atoms with Crippen LogP contribution in [0.4, 0.5) is 10.2 Å². The molecule has 6 nitrogen and oxygen atoms in total. The van der Waals surface area contributed by atoms with Crippen molar-refractivity contribution in [1.82, 2.24) is 15.6 Å². The molecule has 1 atom stereocenters. The van der Waals surface area contributed by atoms with Crippen molar-refractivity contribution in [2.75, 3.05) is 32.1 Å². The highest BCUT2D eigenvalue weighted by atomic mass is 19.1. The van der Waals surface area contributed by atoms with Crippen LogP contribution in [0, 0.1) is 5.82 Å². The summed E-state index contributed by atoms with van der Waals surface area (Å²) in [7, 11) is 3.92.